The Morgan fingerprint density at radius 1 is 0.938 bits per heavy atom. The number of hydrogen-bond donors (Lipinski definition) is 2. The molecule has 0 aliphatic carbocycles. The van der Waals surface area contributed by atoms with Crippen molar-refractivity contribution in [3.8, 4) is 11.4 Å². The van der Waals surface area contributed by atoms with E-state index < -0.39 is 6.04 Å². The molecule has 4 rings (SSSR count). The third-order valence-electron chi connectivity index (χ3n) is 5.79. The third kappa shape index (κ3) is 4.88. The topological polar surface area (TPSA) is 88.9 Å². The maximum atomic E-state index is 12.9. The summed E-state index contributed by atoms with van der Waals surface area (Å²) in [4.78, 5) is 25.4. The molecule has 32 heavy (non-hydrogen) atoms. The molecule has 0 unspecified atom stereocenters. The Labute approximate surface area is 188 Å². The minimum absolute atomic E-state index is 0.0617. The first-order valence-electron chi connectivity index (χ1n) is 11.2. The molecular formula is C25H29N5O2. The first-order valence-corrected chi connectivity index (χ1v) is 11.2. The lowest BCUT2D eigenvalue weighted by molar-refractivity contribution is -0.118. The van der Waals surface area contributed by atoms with E-state index in [9.17, 15) is 9.59 Å². The molecule has 1 aromatic heterocycles. The molecule has 2 N–H and O–H groups in total. The minimum Gasteiger partial charge on any atom is -0.340 e. The molecule has 0 fully saturated rings. The standard InChI is InChI=1S/C25H29N5O2/c1-17(2)22(27-24(31)19-9-5-3-6-10-19)25(32)26-20-14-12-18(13-15-20)23-29-28-21-11-7-4-8-16-30(21)23/h3,5-6,9-10,12-15,17,22H,4,7-8,11,16H2,1-2H3,(H,26,32)(H,27,31)/t22-/m0/s1. The molecule has 3 aromatic rings. The van der Waals surface area contributed by atoms with Gasteiger partial charge in [0.15, 0.2) is 5.82 Å². The number of aryl methyl sites for hydroxylation is 1. The van der Waals surface area contributed by atoms with E-state index in [0.717, 1.165) is 43.0 Å². The molecule has 1 atom stereocenters. The van der Waals surface area contributed by atoms with Crippen molar-refractivity contribution < 1.29 is 9.59 Å². The maximum Gasteiger partial charge on any atom is 0.251 e. The summed E-state index contributed by atoms with van der Waals surface area (Å²) in [5.41, 5.74) is 2.18. The Hall–Kier alpha value is -3.48. The lowest BCUT2D eigenvalue weighted by Gasteiger charge is -2.22. The van der Waals surface area contributed by atoms with E-state index >= 15 is 0 Å². The van der Waals surface area contributed by atoms with Crippen molar-refractivity contribution in [2.45, 2.75) is 52.1 Å². The van der Waals surface area contributed by atoms with Crippen molar-refractivity contribution in [1.82, 2.24) is 20.1 Å². The highest BCUT2D eigenvalue weighted by atomic mass is 16.2. The summed E-state index contributed by atoms with van der Waals surface area (Å²) in [5, 5.41) is 14.5. The molecule has 2 aromatic carbocycles. The van der Waals surface area contributed by atoms with Gasteiger partial charge in [0.05, 0.1) is 0 Å². The lowest BCUT2D eigenvalue weighted by Crippen LogP contribution is -2.47. The van der Waals surface area contributed by atoms with E-state index in [1.54, 1.807) is 24.3 Å². The number of nitrogens with zero attached hydrogens (tertiary/aromatic N) is 3. The van der Waals surface area contributed by atoms with Crippen LogP contribution < -0.4 is 10.6 Å². The molecule has 166 valence electrons. The maximum absolute atomic E-state index is 12.9. The lowest BCUT2D eigenvalue weighted by atomic mass is 10.0. The largest absolute Gasteiger partial charge is 0.340 e. The average Bonchev–Trinajstić information content (AvgIpc) is 3.06. The molecule has 1 aliphatic heterocycles. The zero-order valence-electron chi connectivity index (χ0n) is 18.5. The number of nitrogens with one attached hydrogen (secondary N) is 2. The fraction of sp³-hybridized carbons (Fsp3) is 0.360. The third-order valence-corrected chi connectivity index (χ3v) is 5.79. The van der Waals surface area contributed by atoms with Crippen LogP contribution in [0.2, 0.25) is 0 Å². The van der Waals surface area contributed by atoms with Gasteiger partial charge in [-0.3, -0.25) is 9.59 Å². The second kappa shape index (κ2) is 9.77. The van der Waals surface area contributed by atoms with Gasteiger partial charge in [0.25, 0.3) is 5.91 Å². The van der Waals surface area contributed by atoms with Gasteiger partial charge in [-0.25, -0.2) is 0 Å². The van der Waals surface area contributed by atoms with Crippen LogP contribution in [0, 0.1) is 5.92 Å². The van der Waals surface area contributed by atoms with E-state index in [-0.39, 0.29) is 17.7 Å². The monoisotopic (exact) mass is 431 g/mol. The predicted molar refractivity (Wildman–Crippen MR) is 124 cm³/mol. The van der Waals surface area contributed by atoms with Crippen molar-refractivity contribution in [3.63, 3.8) is 0 Å². The van der Waals surface area contributed by atoms with Gasteiger partial charge < -0.3 is 15.2 Å². The normalized spacial score (nSPS) is 14.3. The molecule has 1 aliphatic rings. The quantitative estimate of drug-likeness (QED) is 0.616. The van der Waals surface area contributed by atoms with Crippen LogP contribution in [0.3, 0.4) is 0 Å². The van der Waals surface area contributed by atoms with E-state index in [0.29, 0.717) is 11.3 Å². The summed E-state index contributed by atoms with van der Waals surface area (Å²) >= 11 is 0. The molecule has 7 heteroatoms. The number of hydrogen-bond acceptors (Lipinski definition) is 4. The fourth-order valence-corrected chi connectivity index (χ4v) is 3.97. The Balaban J connectivity index is 1.44. The van der Waals surface area contributed by atoms with Gasteiger partial charge >= 0.3 is 0 Å². The zero-order chi connectivity index (χ0) is 22.5. The Kier molecular flexibility index (Phi) is 6.63. The summed E-state index contributed by atoms with van der Waals surface area (Å²) < 4.78 is 2.20. The van der Waals surface area contributed by atoms with Crippen molar-refractivity contribution >= 4 is 17.5 Å². The van der Waals surface area contributed by atoms with Crippen LogP contribution in [-0.2, 0) is 17.8 Å². The highest BCUT2D eigenvalue weighted by molar-refractivity contribution is 6.01. The molecule has 7 nitrogen and oxygen atoms in total. The van der Waals surface area contributed by atoms with Crippen LogP contribution in [0.25, 0.3) is 11.4 Å². The number of aromatic nitrogens is 3. The first kappa shape index (κ1) is 21.7. The summed E-state index contributed by atoms with van der Waals surface area (Å²) in [6.07, 6.45) is 4.47. The first-order chi connectivity index (χ1) is 15.5. The number of fused-ring (bicyclic) bond motifs is 1. The fourth-order valence-electron chi connectivity index (χ4n) is 3.97. The van der Waals surface area contributed by atoms with E-state index in [2.05, 4.69) is 25.4 Å². The number of rotatable bonds is 6. The minimum atomic E-state index is -0.644. The van der Waals surface area contributed by atoms with Crippen LogP contribution in [0.15, 0.2) is 54.6 Å². The van der Waals surface area contributed by atoms with Gasteiger partial charge in [-0.2, -0.15) is 0 Å². The molecule has 0 radical (unpaired) electrons. The van der Waals surface area contributed by atoms with Crippen LogP contribution in [0.5, 0.6) is 0 Å². The Morgan fingerprint density at radius 2 is 1.69 bits per heavy atom. The summed E-state index contributed by atoms with van der Waals surface area (Å²) in [7, 11) is 0. The van der Waals surface area contributed by atoms with Crippen molar-refractivity contribution in [2.75, 3.05) is 5.32 Å². The summed E-state index contributed by atoms with van der Waals surface area (Å²) in [5.74, 6) is 1.35. The summed E-state index contributed by atoms with van der Waals surface area (Å²) in [6.45, 7) is 4.76. The highest BCUT2D eigenvalue weighted by Gasteiger charge is 2.25. The van der Waals surface area contributed by atoms with Gasteiger partial charge in [-0.05, 0) is 55.2 Å². The second-order valence-electron chi connectivity index (χ2n) is 8.53. The van der Waals surface area contributed by atoms with Crippen LogP contribution in [0.4, 0.5) is 5.69 Å². The molecule has 0 bridgehead atoms. The number of anilines is 1. The van der Waals surface area contributed by atoms with Gasteiger partial charge in [0.1, 0.15) is 11.9 Å². The highest BCUT2D eigenvalue weighted by Crippen LogP contribution is 2.24. The number of carbonyl (C=O) groups excluding carboxylic acids is 2. The SMILES string of the molecule is CC(C)[C@H](NC(=O)c1ccccc1)C(=O)Nc1ccc(-c2nnc3n2CCCCC3)cc1. The van der Waals surface area contributed by atoms with Crippen molar-refractivity contribution in [2.24, 2.45) is 5.92 Å². The molecule has 2 amide bonds. The van der Waals surface area contributed by atoms with Crippen molar-refractivity contribution in [1.29, 1.82) is 0 Å². The second-order valence-corrected chi connectivity index (χ2v) is 8.53. The van der Waals surface area contributed by atoms with E-state index in [4.69, 9.17) is 0 Å². The van der Waals surface area contributed by atoms with Crippen LogP contribution in [0.1, 0.15) is 49.3 Å². The number of carbonyl (C=O) groups is 2. The molecular weight excluding hydrogens is 402 g/mol. The van der Waals surface area contributed by atoms with Crippen molar-refractivity contribution in [3.05, 3.63) is 66.0 Å². The molecule has 0 spiro atoms. The number of benzene rings is 2. The number of amides is 2. The van der Waals surface area contributed by atoms with E-state index in [1.807, 2.05) is 44.2 Å². The van der Waals surface area contributed by atoms with Gasteiger partial charge in [0.2, 0.25) is 5.91 Å². The van der Waals surface area contributed by atoms with Crippen LogP contribution in [-0.4, -0.2) is 32.6 Å². The zero-order valence-corrected chi connectivity index (χ0v) is 18.5. The predicted octanol–water partition coefficient (Wildman–Crippen LogP) is 4.06. The summed E-state index contributed by atoms with van der Waals surface area (Å²) in [6, 6.07) is 15.9. The molecule has 0 saturated carbocycles. The molecule has 0 saturated heterocycles. The molecule has 2 heterocycles. The smallest absolute Gasteiger partial charge is 0.251 e. The average molecular weight is 432 g/mol. The van der Waals surface area contributed by atoms with Crippen LogP contribution >= 0.6 is 0 Å². The van der Waals surface area contributed by atoms with Gasteiger partial charge in [-0.1, -0.05) is 38.5 Å². The Morgan fingerprint density at radius 3 is 2.41 bits per heavy atom. The van der Waals surface area contributed by atoms with Gasteiger partial charge in [-0.15, -0.1) is 10.2 Å². The van der Waals surface area contributed by atoms with Gasteiger partial charge in [0, 0.05) is 29.8 Å². The van der Waals surface area contributed by atoms with E-state index in [1.165, 1.54) is 6.42 Å². The Bertz CT molecular complexity index is 1070.